The maximum absolute atomic E-state index is 11.7. The third-order valence-corrected chi connectivity index (χ3v) is 2.50. The van der Waals surface area contributed by atoms with Crippen LogP contribution in [-0.2, 0) is 4.74 Å². The summed E-state index contributed by atoms with van der Waals surface area (Å²) in [5.41, 5.74) is 1.08. The molecule has 6 nitrogen and oxygen atoms in total. The van der Waals surface area contributed by atoms with E-state index < -0.39 is 22.7 Å². The van der Waals surface area contributed by atoms with E-state index in [2.05, 4.69) is 5.32 Å². The lowest BCUT2D eigenvalue weighted by Gasteiger charge is -2.22. The molecule has 1 rings (SSSR count). The second kappa shape index (κ2) is 6.36. The number of nitro groups is 1. The van der Waals surface area contributed by atoms with E-state index in [9.17, 15) is 14.9 Å². The summed E-state index contributed by atoms with van der Waals surface area (Å²) in [6.07, 6.45) is -0.662. The molecule has 0 bridgehead atoms. The summed E-state index contributed by atoms with van der Waals surface area (Å²) in [5, 5.41) is 13.3. The lowest BCUT2D eigenvalue weighted by molar-refractivity contribution is -0.484. The molecule has 0 aromatic heterocycles. The van der Waals surface area contributed by atoms with Gasteiger partial charge in [0.1, 0.15) is 11.6 Å². The summed E-state index contributed by atoms with van der Waals surface area (Å²) in [6.45, 7) is 6.75. The van der Waals surface area contributed by atoms with E-state index in [0.717, 1.165) is 5.56 Å². The molecule has 1 amide bonds. The summed E-state index contributed by atoms with van der Waals surface area (Å²) >= 11 is 0. The number of aryl methyl sites for hydroxylation is 1. The molecule has 20 heavy (non-hydrogen) atoms. The van der Waals surface area contributed by atoms with E-state index in [1.165, 1.54) is 0 Å². The van der Waals surface area contributed by atoms with Crippen LogP contribution in [0, 0.1) is 17.0 Å². The van der Waals surface area contributed by atoms with Crippen molar-refractivity contribution in [3.63, 3.8) is 0 Å². The van der Waals surface area contributed by atoms with Crippen molar-refractivity contribution in [2.45, 2.75) is 39.3 Å². The smallest absolute Gasteiger partial charge is 0.408 e. The van der Waals surface area contributed by atoms with Crippen LogP contribution in [0.4, 0.5) is 4.79 Å². The fourth-order valence-corrected chi connectivity index (χ4v) is 1.63. The van der Waals surface area contributed by atoms with Crippen molar-refractivity contribution in [2.75, 3.05) is 6.54 Å². The highest BCUT2D eigenvalue weighted by Gasteiger charge is 2.23. The zero-order chi connectivity index (χ0) is 15.3. The number of hydrogen-bond donors (Lipinski definition) is 1. The highest BCUT2D eigenvalue weighted by Crippen LogP contribution is 2.16. The second-order valence-corrected chi connectivity index (χ2v) is 5.62. The summed E-state index contributed by atoms with van der Waals surface area (Å²) in [7, 11) is 0. The number of benzene rings is 1. The van der Waals surface area contributed by atoms with Crippen LogP contribution in [-0.4, -0.2) is 23.2 Å². The van der Waals surface area contributed by atoms with E-state index in [1.54, 1.807) is 32.9 Å². The van der Waals surface area contributed by atoms with Crippen molar-refractivity contribution >= 4 is 6.09 Å². The molecular formula is C14H20N2O4. The molecule has 6 heteroatoms. The topological polar surface area (TPSA) is 81.5 Å². The maximum Gasteiger partial charge on any atom is 0.408 e. The minimum atomic E-state index is -0.708. The molecule has 1 aromatic rings. The Balaban J connectivity index is 2.82. The molecule has 1 unspecified atom stereocenters. The Morgan fingerprint density at radius 1 is 1.35 bits per heavy atom. The lowest BCUT2D eigenvalue weighted by Crippen LogP contribution is -2.37. The number of nitrogens with one attached hydrogen (secondary N) is 1. The Morgan fingerprint density at radius 2 is 1.90 bits per heavy atom. The first-order valence-electron chi connectivity index (χ1n) is 6.35. The number of amides is 1. The normalized spacial score (nSPS) is 12.6. The molecule has 0 fully saturated rings. The molecule has 110 valence electrons. The molecule has 1 atom stereocenters. The van der Waals surface area contributed by atoms with Crippen LogP contribution < -0.4 is 5.32 Å². The van der Waals surface area contributed by atoms with Gasteiger partial charge in [0.15, 0.2) is 0 Å². The third kappa shape index (κ3) is 5.69. The average Bonchev–Trinajstić information content (AvgIpc) is 2.25. The molecule has 0 spiro atoms. The fourth-order valence-electron chi connectivity index (χ4n) is 1.63. The van der Waals surface area contributed by atoms with E-state index in [4.69, 9.17) is 4.74 Å². The highest BCUT2D eigenvalue weighted by molar-refractivity contribution is 5.68. The summed E-state index contributed by atoms with van der Waals surface area (Å²) in [6, 6.07) is 6.51. The van der Waals surface area contributed by atoms with Crippen molar-refractivity contribution < 1.29 is 14.5 Å². The Hall–Kier alpha value is -2.11. The predicted molar refractivity (Wildman–Crippen MR) is 75.2 cm³/mol. The lowest BCUT2D eigenvalue weighted by atomic mass is 10.1. The van der Waals surface area contributed by atoms with Crippen LogP contribution in [0.2, 0.25) is 0 Å². The van der Waals surface area contributed by atoms with Crippen molar-refractivity contribution in [2.24, 2.45) is 0 Å². The number of ether oxygens (including phenoxy) is 1. The molecule has 1 N–H and O–H groups in total. The number of carbonyl (C=O) groups is 1. The van der Waals surface area contributed by atoms with Gasteiger partial charge in [0.2, 0.25) is 6.54 Å². The first kappa shape index (κ1) is 15.9. The second-order valence-electron chi connectivity index (χ2n) is 5.62. The van der Waals surface area contributed by atoms with Gasteiger partial charge < -0.3 is 10.1 Å². The number of nitrogens with zero attached hydrogens (tertiary/aromatic N) is 1. The van der Waals surface area contributed by atoms with Gasteiger partial charge in [-0.1, -0.05) is 29.8 Å². The summed E-state index contributed by atoms with van der Waals surface area (Å²) < 4.78 is 5.12. The monoisotopic (exact) mass is 280 g/mol. The van der Waals surface area contributed by atoms with Gasteiger partial charge >= 0.3 is 6.09 Å². The Kier molecular flexibility index (Phi) is 5.07. The van der Waals surface area contributed by atoms with Crippen molar-refractivity contribution in [1.29, 1.82) is 0 Å². The van der Waals surface area contributed by atoms with Gasteiger partial charge in [-0.3, -0.25) is 10.1 Å². The van der Waals surface area contributed by atoms with Crippen LogP contribution in [0.15, 0.2) is 24.3 Å². The SMILES string of the molecule is Cc1ccc(C(C[N+](=O)[O-])NC(=O)OC(C)(C)C)cc1. The quantitative estimate of drug-likeness (QED) is 0.679. The van der Waals surface area contributed by atoms with Crippen LogP contribution in [0.3, 0.4) is 0 Å². The van der Waals surface area contributed by atoms with Crippen molar-refractivity contribution in [1.82, 2.24) is 5.32 Å². The number of carbonyl (C=O) groups excluding carboxylic acids is 1. The Labute approximate surface area is 118 Å². The molecular weight excluding hydrogens is 260 g/mol. The molecule has 0 aliphatic rings. The first-order chi connectivity index (χ1) is 9.17. The fraction of sp³-hybridized carbons (Fsp3) is 0.500. The Morgan fingerprint density at radius 3 is 2.35 bits per heavy atom. The third-order valence-electron chi connectivity index (χ3n) is 2.50. The van der Waals surface area contributed by atoms with Crippen molar-refractivity contribution in [3.05, 3.63) is 45.5 Å². The van der Waals surface area contributed by atoms with Gasteiger partial charge in [0, 0.05) is 4.92 Å². The molecule has 0 heterocycles. The zero-order valence-electron chi connectivity index (χ0n) is 12.2. The van der Waals surface area contributed by atoms with Gasteiger partial charge in [-0.25, -0.2) is 4.79 Å². The minimum Gasteiger partial charge on any atom is -0.444 e. The standard InChI is InChI=1S/C14H20N2O4/c1-10-5-7-11(8-6-10)12(9-16(18)19)15-13(17)20-14(2,3)4/h5-8,12H,9H2,1-4H3,(H,15,17). The van der Waals surface area contributed by atoms with E-state index in [1.807, 2.05) is 19.1 Å². The van der Waals surface area contributed by atoms with Gasteiger partial charge in [-0.2, -0.15) is 0 Å². The van der Waals surface area contributed by atoms with E-state index in [0.29, 0.717) is 5.56 Å². The Bertz CT molecular complexity index is 477. The molecule has 0 aliphatic carbocycles. The van der Waals surface area contributed by atoms with Crippen LogP contribution in [0.1, 0.15) is 37.9 Å². The predicted octanol–water partition coefficient (Wildman–Crippen LogP) is 2.84. The largest absolute Gasteiger partial charge is 0.444 e. The summed E-state index contributed by atoms with van der Waals surface area (Å²) in [4.78, 5) is 22.0. The molecule has 0 aliphatic heterocycles. The van der Waals surface area contributed by atoms with Crippen LogP contribution in [0.25, 0.3) is 0 Å². The number of rotatable bonds is 4. The molecule has 1 aromatic carbocycles. The number of alkyl carbamates (subject to hydrolysis) is 1. The first-order valence-corrected chi connectivity index (χ1v) is 6.35. The van der Waals surface area contributed by atoms with E-state index in [-0.39, 0.29) is 6.54 Å². The van der Waals surface area contributed by atoms with Crippen LogP contribution >= 0.6 is 0 Å². The zero-order valence-corrected chi connectivity index (χ0v) is 12.2. The van der Waals surface area contributed by atoms with Gasteiger partial charge in [-0.15, -0.1) is 0 Å². The van der Waals surface area contributed by atoms with Gasteiger partial charge in [0.25, 0.3) is 0 Å². The maximum atomic E-state index is 11.7. The average molecular weight is 280 g/mol. The van der Waals surface area contributed by atoms with Crippen LogP contribution in [0.5, 0.6) is 0 Å². The van der Waals surface area contributed by atoms with E-state index >= 15 is 0 Å². The van der Waals surface area contributed by atoms with Gasteiger partial charge in [0.05, 0.1) is 0 Å². The van der Waals surface area contributed by atoms with Gasteiger partial charge in [-0.05, 0) is 33.3 Å². The molecule has 0 radical (unpaired) electrons. The molecule has 0 saturated carbocycles. The van der Waals surface area contributed by atoms with Crippen molar-refractivity contribution in [3.8, 4) is 0 Å². The molecule has 0 saturated heterocycles. The summed E-state index contributed by atoms with van der Waals surface area (Å²) in [5.74, 6) is 0. The minimum absolute atomic E-state index is 0.387. The number of hydrogen-bond acceptors (Lipinski definition) is 4. The highest BCUT2D eigenvalue weighted by atomic mass is 16.6.